The second kappa shape index (κ2) is 4.84. The molecule has 4 rings (SSSR count). The summed E-state index contributed by atoms with van der Waals surface area (Å²) in [7, 11) is 0. The second-order valence-electron chi connectivity index (χ2n) is 5.64. The van der Waals surface area contributed by atoms with Crippen molar-refractivity contribution in [1.29, 1.82) is 0 Å². The van der Waals surface area contributed by atoms with Crippen molar-refractivity contribution in [1.82, 2.24) is 19.5 Å². The number of aliphatic hydroxyl groups excluding tert-OH is 1. The summed E-state index contributed by atoms with van der Waals surface area (Å²) in [5.74, 6) is 0.536. The van der Waals surface area contributed by atoms with E-state index in [0.717, 1.165) is 19.3 Å². The van der Waals surface area contributed by atoms with Crippen LogP contribution in [0.2, 0.25) is 0 Å². The van der Waals surface area contributed by atoms with Crippen LogP contribution in [0.5, 0.6) is 0 Å². The number of fused-ring (bicyclic) bond motifs is 1. The zero-order valence-corrected chi connectivity index (χ0v) is 11.5. The van der Waals surface area contributed by atoms with Crippen LogP contribution in [0.3, 0.4) is 0 Å². The Morgan fingerprint density at radius 3 is 3.00 bits per heavy atom. The molecule has 2 atom stereocenters. The second-order valence-corrected chi connectivity index (χ2v) is 5.64. The van der Waals surface area contributed by atoms with Gasteiger partial charge in [-0.15, -0.1) is 0 Å². The first-order valence-corrected chi connectivity index (χ1v) is 7.13. The van der Waals surface area contributed by atoms with E-state index in [1.165, 1.54) is 0 Å². The molecule has 2 aromatic heterocycles. The van der Waals surface area contributed by atoms with Gasteiger partial charge >= 0.3 is 0 Å². The zero-order valence-electron chi connectivity index (χ0n) is 15.5. The van der Waals surface area contributed by atoms with E-state index in [9.17, 15) is 5.11 Å². The highest BCUT2D eigenvalue weighted by Crippen LogP contribution is 2.36. The van der Waals surface area contributed by atoms with Crippen molar-refractivity contribution in [3.05, 3.63) is 6.33 Å². The smallest absolute Gasteiger partial charge is 0.224 e. The fraction of sp³-hybridized carbons (Fsp3) is 0.643. The molecule has 2 aromatic rings. The highest BCUT2D eigenvalue weighted by molar-refractivity contribution is 5.84. The number of nitrogens with zero attached hydrogens (tertiary/aromatic N) is 4. The zero-order chi connectivity index (χ0) is 18.0. The molecular formula is C14H20N6O. The predicted molar refractivity (Wildman–Crippen MR) is 79.8 cm³/mol. The SMILES string of the molecule is [2H]C1([2H])C(Nc2nc(N)nc3c2ncn3[C@H]2CC[C@@H](CO)C2)C1([2H])[2H]. The Balaban J connectivity index is 1.68. The number of hydrogen-bond acceptors (Lipinski definition) is 6. The first-order valence-electron chi connectivity index (χ1n) is 9.13. The molecule has 0 saturated heterocycles. The molecule has 7 nitrogen and oxygen atoms in total. The van der Waals surface area contributed by atoms with Crippen molar-refractivity contribution in [2.24, 2.45) is 5.92 Å². The Kier molecular flexibility index (Phi) is 2.12. The van der Waals surface area contributed by atoms with Crippen LogP contribution in [0.1, 0.15) is 43.5 Å². The monoisotopic (exact) mass is 292 g/mol. The molecule has 0 aliphatic heterocycles. The predicted octanol–water partition coefficient (Wildman–Crippen LogP) is 1.32. The molecule has 0 spiro atoms. The Morgan fingerprint density at radius 1 is 1.43 bits per heavy atom. The maximum Gasteiger partial charge on any atom is 0.224 e. The lowest BCUT2D eigenvalue weighted by atomic mass is 10.1. The van der Waals surface area contributed by atoms with Crippen LogP contribution >= 0.6 is 0 Å². The molecule has 2 aliphatic rings. The highest BCUT2D eigenvalue weighted by Gasteiger charge is 2.28. The van der Waals surface area contributed by atoms with E-state index in [-0.39, 0.29) is 30.3 Å². The summed E-state index contributed by atoms with van der Waals surface area (Å²) in [6.45, 7) is 0.166. The molecule has 0 radical (unpaired) electrons. The van der Waals surface area contributed by atoms with Gasteiger partial charge in [-0.3, -0.25) is 0 Å². The van der Waals surface area contributed by atoms with Gasteiger partial charge in [0.1, 0.15) is 0 Å². The molecule has 0 aromatic carbocycles. The number of anilines is 2. The van der Waals surface area contributed by atoms with Gasteiger partial charge in [0.05, 0.1) is 6.33 Å². The van der Waals surface area contributed by atoms with Gasteiger partial charge in [-0.05, 0) is 37.9 Å². The van der Waals surface area contributed by atoms with Crippen molar-refractivity contribution in [2.75, 3.05) is 17.7 Å². The highest BCUT2D eigenvalue weighted by atomic mass is 16.3. The van der Waals surface area contributed by atoms with Crippen LogP contribution < -0.4 is 11.1 Å². The molecule has 7 heteroatoms. The molecule has 112 valence electrons. The quantitative estimate of drug-likeness (QED) is 0.785. The van der Waals surface area contributed by atoms with Gasteiger partial charge in [-0.25, -0.2) is 4.98 Å². The van der Waals surface area contributed by atoms with Gasteiger partial charge in [0, 0.05) is 24.2 Å². The summed E-state index contributed by atoms with van der Waals surface area (Å²) in [4.78, 5) is 12.7. The minimum Gasteiger partial charge on any atom is -0.396 e. The van der Waals surface area contributed by atoms with Gasteiger partial charge in [-0.1, -0.05) is 0 Å². The maximum absolute atomic E-state index is 9.34. The third-order valence-electron chi connectivity index (χ3n) is 4.17. The number of imidazole rings is 1. The Morgan fingerprint density at radius 2 is 2.29 bits per heavy atom. The third kappa shape index (κ3) is 2.31. The number of aliphatic hydroxyl groups is 1. The van der Waals surface area contributed by atoms with Crippen LogP contribution in [0.15, 0.2) is 6.33 Å². The first kappa shape index (κ1) is 9.19. The van der Waals surface area contributed by atoms with Crippen LogP contribution in [0.4, 0.5) is 11.8 Å². The molecule has 2 fully saturated rings. The third-order valence-corrected chi connectivity index (χ3v) is 4.17. The van der Waals surface area contributed by atoms with E-state index >= 15 is 0 Å². The van der Waals surface area contributed by atoms with E-state index in [4.69, 9.17) is 11.2 Å². The van der Waals surface area contributed by atoms with Crippen LogP contribution in [0.25, 0.3) is 11.2 Å². The summed E-state index contributed by atoms with van der Waals surface area (Å²) < 4.78 is 32.8. The number of nitrogens with one attached hydrogen (secondary N) is 1. The number of nitrogen functional groups attached to an aromatic ring is 1. The van der Waals surface area contributed by atoms with Crippen molar-refractivity contribution in [2.45, 2.75) is 44.1 Å². The van der Waals surface area contributed by atoms with Crippen molar-refractivity contribution in [3.63, 3.8) is 0 Å². The minimum absolute atomic E-state index is 0.0234. The van der Waals surface area contributed by atoms with Gasteiger partial charge in [0.2, 0.25) is 5.95 Å². The van der Waals surface area contributed by atoms with Gasteiger partial charge < -0.3 is 20.7 Å². The standard InChI is InChI=1S/C14H20N6O/c15-14-18-12(17-9-2-3-9)11-13(19-14)20(7-16-11)10-4-1-8(5-10)6-21/h7-10,21H,1-6H2,(H3,15,17,18,19)/t8-,10+/m1/s1/i2D2,3D2. The van der Waals surface area contributed by atoms with Crippen molar-refractivity contribution < 1.29 is 10.6 Å². The molecule has 2 aliphatic carbocycles. The maximum atomic E-state index is 9.34. The van der Waals surface area contributed by atoms with E-state index in [1.807, 2.05) is 4.57 Å². The molecule has 21 heavy (non-hydrogen) atoms. The average Bonchev–Trinajstić information content (AvgIpc) is 3.03. The molecule has 0 unspecified atom stereocenters. The molecule has 2 saturated carbocycles. The summed E-state index contributed by atoms with van der Waals surface area (Å²) in [5.41, 5.74) is 6.79. The summed E-state index contributed by atoms with van der Waals surface area (Å²) in [5, 5.41) is 12.1. The molecule has 2 heterocycles. The first-order chi connectivity index (χ1) is 11.8. The minimum atomic E-state index is -1.97. The Bertz CT molecular complexity index is 811. The van der Waals surface area contributed by atoms with Gasteiger partial charge in [0.15, 0.2) is 17.0 Å². The Labute approximate surface area is 128 Å². The number of nitrogens with two attached hydrogens (primary N) is 1. The van der Waals surface area contributed by atoms with E-state index in [0.29, 0.717) is 11.2 Å². The lowest BCUT2D eigenvalue weighted by Crippen LogP contribution is -2.10. The van der Waals surface area contributed by atoms with E-state index < -0.39 is 18.8 Å². The fourth-order valence-corrected chi connectivity index (χ4v) is 3.02. The topological polar surface area (TPSA) is 102 Å². The van der Waals surface area contributed by atoms with Crippen molar-refractivity contribution in [3.8, 4) is 0 Å². The lowest BCUT2D eigenvalue weighted by Gasteiger charge is -2.13. The number of aromatic nitrogens is 4. The van der Waals surface area contributed by atoms with Gasteiger partial charge in [-0.2, -0.15) is 9.97 Å². The van der Waals surface area contributed by atoms with Crippen LogP contribution in [-0.2, 0) is 0 Å². The Hall–Kier alpha value is -1.89. The largest absolute Gasteiger partial charge is 0.396 e. The average molecular weight is 292 g/mol. The molecule has 0 amide bonds. The normalized spacial score (nSPS) is 33.2. The lowest BCUT2D eigenvalue weighted by molar-refractivity contribution is 0.226. The molecular weight excluding hydrogens is 268 g/mol. The number of rotatable bonds is 4. The van der Waals surface area contributed by atoms with Gasteiger partial charge in [0.25, 0.3) is 0 Å². The summed E-state index contributed by atoms with van der Waals surface area (Å²) >= 11 is 0. The number of hydrogen-bond donors (Lipinski definition) is 3. The van der Waals surface area contributed by atoms with Crippen LogP contribution in [0, 0.1) is 5.92 Å². The van der Waals surface area contributed by atoms with E-state index in [2.05, 4.69) is 20.3 Å². The summed E-state index contributed by atoms with van der Waals surface area (Å²) in [6, 6.07) is -0.837. The fourth-order valence-electron chi connectivity index (χ4n) is 3.02. The van der Waals surface area contributed by atoms with Crippen LogP contribution in [-0.4, -0.2) is 37.3 Å². The molecule has 0 bridgehead atoms. The van der Waals surface area contributed by atoms with Crippen molar-refractivity contribution >= 4 is 22.9 Å². The van der Waals surface area contributed by atoms with E-state index in [1.54, 1.807) is 6.33 Å². The molecule has 4 N–H and O–H groups in total. The summed E-state index contributed by atoms with van der Waals surface area (Å²) in [6.07, 6.45) is 0.405.